The fourth-order valence-corrected chi connectivity index (χ4v) is 7.18. The van der Waals surface area contributed by atoms with Crippen molar-refractivity contribution in [1.82, 2.24) is 4.98 Å². The van der Waals surface area contributed by atoms with Gasteiger partial charge in [0.2, 0.25) is 0 Å². The van der Waals surface area contributed by atoms with Gasteiger partial charge in [-0.05, 0) is 58.3 Å². The van der Waals surface area contributed by atoms with E-state index in [0.29, 0.717) is 63.9 Å². The highest BCUT2D eigenvalue weighted by atomic mass is 32.2. The molecule has 4 aromatic carbocycles. The second-order valence-electron chi connectivity index (χ2n) is 14.2. The van der Waals surface area contributed by atoms with Crippen LogP contribution in [0.25, 0.3) is 10.8 Å². The van der Waals surface area contributed by atoms with Crippen molar-refractivity contribution in [1.29, 1.82) is 0 Å². The quantitative estimate of drug-likeness (QED) is 0.0552. The molecule has 0 radical (unpaired) electrons. The summed E-state index contributed by atoms with van der Waals surface area (Å²) in [6.07, 6.45) is 3.15. The van der Waals surface area contributed by atoms with E-state index in [-0.39, 0.29) is 23.5 Å². The summed E-state index contributed by atoms with van der Waals surface area (Å²) in [7, 11) is 1.69. The second kappa shape index (κ2) is 18.9. The van der Waals surface area contributed by atoms with Gasteiger partial charge in [0, 0.05) is 53.2 Å². The monoisotopic (exact) mass is 839 g/mol. The second-order valence-corrected chi connectivity index (χ2v) is 16.2. The Balaban J connectivity index is 1.13. The molecule has 0 saturated carbocycles. The van der Waals surface area contributed by atoms with Crippen LogP contribution in [0, 0.1) is 0 Å². The van der Waals surface area contributed by atoms with Crippen molar-refractivity contribution in [2.45, 2.75) is 32.8 Å². The van der Waals surface area contributed by atoms with Crippen LogP contribution in [0.3, 0.4) is 0 Å². The molecule has 0 aliphatic carbocycles. The van der Waals surface area contributed by atoms with Gasteiger partial charge in [0.25, 0.3) is 0 Å². The van der Waals surface area contributed by atoms with Gasteiger partial charge in [0.15, 0.2) is 5.75 Å². The lowest BCUT2D eigenvalue weighted by molar-refractivity contribution is 0.0701. The molecule has 0 aliphatic rings. The summed E-state index contributed by atoms with van der Waals surface area (Å²) in [5.74, 6) is 2.11. The molecule has 16 heteroatoms. The Morgan fingerprint density at radius 2 is 1.58 bits per heavy atom. The molecule has 1 atom stereocenters. The number of amides is 2. The van der Waals surface area contributed by atoms with E-state index in [0.717, 1.165) is 33.2 Å². The number of ether oxygens (including phenoxy) is 5. The molecule has 6 aromatic rings. The number of aromatic nitrogens is 1. The Morgan fingerprint density at radius 1 is 0.831 bits per heavy atom. The Bertz CT molecular complexity index is 2480. The van der Waals surface area contributed by atoms with E-state index in [4.69, 9.17) is 28.8 Å². The number of pyridine rings is 1. The molecule has 0 spiro atoms. The molecule has 1 unspecified atom stereocenters. The van der Waals surface area contributed by atoms with Gasteiger partial charge in [0.05, 0.1) is 44.5 Å². The van der Waals surface area contributed by atoms with Crippen molar-refractivity contribution >= 4 is 73.7 Å². The molecule has 0 saturated heterocycles. The molecule has 0 bridgehead atoms. The Hall–Kier alpha value is -6.36. The van der Waals surface area contributed by atoms with Crippen molar-refractivity contribution in [3.63, 3.8) is 0 Å². The maximum Gasteiger partial charge on any atom is 0.345 e. The van der Waals surface area contributed by atoms with E-state index in [2.05, 4.69) is 25.7 Å². The SMILES string of the molecule is COc1cc(Nc2cc(Oc3ccc(NC(=O)Nc4cc(C(C)(C)C)cc(NS(C)=O)c4OC)c4ccccc34)ccn2)cc(OCCOCc2csc(C(=O)O)c2)c1. The number of anilines is 5. The van der Waals surface area contributed by atoms with E-state index in [1.807, 2.05) is 69.3 Å². The van der Waals surface area contributed by atoms with Gasteiger partial charge < -0.3 is 49.5 Å². The predicted molar refractivity (Wildman–Crippen MR) is 233 cm³/mol. The molecule has 0 fully saturated rings. The number of carboxylic acid groups (broad SMARTS) is 1. The van der Waals surface area contributed by atoms with E-state index < -0.39 is 23.0 Å². The van der Waals surface area contributed by atoms with Crippen molar-refractivity contribution < 1.29 is 42.6 Å². The Labute approximate surface area is 348 Å². The zero-order valence-corrected chi connectivity index (χ0v) is 35.0. The van der Waals surface area contributed by atoms with Crippen LogP contribution in [0.4, 0.5) is 33.4 Å². The van der Waals surface area contributed by atoms with Gasteiger partial charge in [-0.15, -0.1) is 11.3 Å². The number of hydrogen-bond acceptors (Lipinski definition) is 11. The smallest absolute Gasteiger partial charge is 0.345 e. The van der Waals surface area contributed by atoms with Crippen molar-refractivity contribution in [2.75, 3.05) is 54.4 Å². The average molecular weight is 840 g/mol. The summed E-state index contributed by atoms with van der Waals surface area (Å²) in [4.78, 5) is 29.4. The highest BCUT2D eigenvalue weighted by Gasteiger charge is 2.22. The molecule has 2 amide bonds. The number of methoxy groups -OCH3 is 2. The minimum atomic E-state index is -1.37. The number of nitrogens with zero attached hydrogens (tertiary/aromatic N) is 1. The third kappa shape index (κ3) is 11.2. The first-order valence-electron chi connectivity index (χ1n) is 18.3. The number of benzene rings is 4. The van der Waals surface area contributed by atoms with Crippen LogP contribution in [0.2, 0.25) is 0 Å². The van der Waals surface area contributed by atoms with Crippen LogP contribution in [-0.4, -0.2) is 60.0 Å². The fourth-order valence-electron chi connectivity index (χ4n) is 5.99. The van der Waals surface area contributed by atoms with Gasteiger partial charge in [0.1, 0.15) is 51.3 Å². The molecule has 308 valence electrons. The lowest BCUT2D eigenvalue weighted by atomic mass is 9.86. The number of fused-ring (bicyclic) bond motifs is 1. The van der Waals surface area contributed by atoms with Gasteiger partial charge in [-0.3, -0.25) is 0 Å². The molecule has 2 heterocycles. The maximum atomic E-state index is 13.5. The third-order valence-corrected chi connectivity index (χ3v) is 10.2. The van der Waals surface area contributed by atoms with Gasteiger partial charge in [-0.25, -0.2) is 18.8 Å². The summed E-state index contributed by atoms with van der Waals surface area (Å²) in [5, 5.41) is 21.6. The molecular formula is C43H45N5O9S2. The summed E-state index contributed by atoms with van der Waals surface area (Å²) >= 11 is 1.16. The zero-order chi connectivity index (χ0) is 42.1. The minimum absolute atomic E-state index is 0.263. The summed E-state index contributed by atoms with van der Waals surface area (Å²) < 4.78 is 44.1. The standard InChI is InChI=1S/C43H45N5O9S2/c1-43(2,3)27-18-35(40(54-5)36(19-27)48-59(6)52)47-42(51)46-34-11-12-37(33-10-8-7-9-32(33)34)57-29-13-14-44-39(23-29)45-28-20-30(53-4)22-31(21-28)56-16-15-55-24-26-17-38(41(49)50)58-25-26/h7-14,17-23,25,48H,15-16,24H2,1-6H3,(H,44,45)(H,49,50)(H2,46,47,51). The summed E-state index contributed by atoms with van der Waals surface area (Å²) in [6, 6.07) is 24.9. The zero-order valence-electron chi connectivity index (χ0n) is 33.3. The van der Waals surface area contributed by atoms with Gasteiger partial charge >= 0.3 is 12.0 Å². The first-order valence-corrected chi connectivity index (χ1v) is 20.8. The topological polar surface area (TPSA) is 179 Å². The third-order valence-electron chi connectivity index (χ3n) is 8.77. The van der Waals surface area contributed by atoms with Crippen LogP contribution >= 0.6 is 11.3 Å². The van der Waals surface area contributed by atoms with Crippen LogP contribution in [-0.2, 0) is 27.7 Å². The first-order chi connectivity index (χ1) is 28.3. The van der Waals surface area contributed by atoms with E-state index >= 15 is 0 Å². The average Bonchev–Trinajstić information content (AvgIpc) is 3.68. The first kappa shape index (κ1) is 42.3. The lowest BCUT2D eigenvalue weighted by Gasteiger charge is -2.24. The lowest BCUT2D eigenvalue weighted by Crippen LogP contribution is -2.21. The van der Waals surface area contributed by atoms with Gasteiger partial charge in [-0.2, -0.15) is 0 Å². The molecule has 14 nitrogen and oxygen atoms in total. The highest BCUT2D eigenvalue weighted by molar-refractivity contribution is 7.85. The van der Waals surface area contributed by atoms with Gasteiger partial charge in [-0.1, -0.05) is 45.0 Å². The number of carboxylic acids is 1. The Morgan fingerprint density at radius 3 is 2.29 bits per heavy atom. The molecular weight excluding hydrogens is 795 g/mol. The highest BCUT2D eigenvalue weighted by Crippen LogP contribution is 2.40. The molecule has 6 rings (SSSR count). The largest absolute Gasteiger partial charge is 0.497 e. The predicted octanol–water partition coefficient (Wildman–Crippen LogP) is 9.79. The van der Waals surface area contributed by atoms with Crippen molar-refractivity contribution in [2.24, 2.45) is 0 Å². The number of hydrogen-bond donors (Lipinski definition) is 5. The number of aromatic carboxylic acids is 1. The normalized spacial score (nSPS) is 11.7. The molecule has 2 aromatic heterocycles. The maximum absolute atomic E-state index is 13.5. The van der Waals surface area contributed by atoms with E-state index in [1.165, 1.54) is 13.4 Å². The number of nitrogens with one attached hydrogen (secondary N) is 4. The minimum Gasteiger partial charge on any atom is -0.497 e. The van der Waals surface area contributed by atoms with Crippen molar-refractivity contribution in [3.05, 3.63) is 113 Å². The summed E-state index contributed by atoms with van der Waals surface area (Å²) in [5.41, 5.74) is 3.59. The number of thiophene rings is 1. The number of carbonyl (C=O) groups excluding carboxylic acids is 1. The summed E-state index contributed by atoms with van der Waals surface area (Å²) in [6.45, 7) is 6.99. The number of carbonyl (C=O) groups is 2. The van der Waals surface area contributed by atoms with Crippen LogP contribution < -0.4 is 39.6 Å². The van der Waals surface area contributed by atoms with Crippen LogP contribution in [0.5, 0.6) is 28.7 Å². The van der Waals surface area contributed by atoms with Crippen LogP contribution in [0.15, 0.2) is 96.5 Å². The van der Waals surface area contributed by atoms with Crippen molar-refractivity contribution in [3.8, 4) is 28.7 Å². The fraction of sp³-hybridized carbons (Fsp3) is 0.233. The Kier molecular flexibility index (Phi) is 13.6. The van der Waals surface area contributed by atoms with E-state index in [1.54, 1.807) is 55.1 Å². The molecule has 59 heavy (non-hydrogen) atoms. The van der Waals surface area contributed by atoms with Crippen LogP contribution in [0.1, 0.15) is 41.6 Å². The molecule has 0 aliphatic heterocycles. The number of urea groups is 1. The molecule has 5 N–H and O–H groups in total. The van der Waals surface area contributed by atoms with E-state index in [9.17, 15) is 13.8 Å². The number of rotatable bonds is 17.